The Bertz CT molecular complexity index is 572. The van der Waals surface area contributed by atoms with Gasteiger partial charge < -0.3 is 15.7 Å². The van der Waals surface area contributed by atoms with Gasteiger partial charge in [-0.15, -0.1) is 0 Å². The number of hydrogen-bond acceptors (Lipinski definition) is 3. The third kappa shape index (κ3) is 4.01. The van der Waals surface area contributed by atoms with Crippen molar-refractivity contribution in [2.24, 2.45) is 5.92 Å². The summed E-state index contributed by atoms with van der Waals surface area (Å²) in [5, 5.41) is 13.5. The first kappa shape index (κ1) is 15.0. The summed E-state index contributed by atoms with van der Waals surface area (Å²) in [5.41, 5.74) is 0.606. The predicted octanol–water partition coefficient (Wildman–Crippen LogP) is 1.19. The van der Waals surface area contributed by atoms with E-state index < -0.39 is 24.6 Å². The number of halogens is 1. The zero-order valence-corrected chi connectivity index (χ0v) is 11.1. The van der Waals surface area contributed by atoms with Gasteiger partial charge in [0.25, 0.3) is 5.91 Å². The number of hydrogen-bond donors (Lipinski definition) is 3. The van der Waals surface area contributed by atoms with Gasteiger partial charge in [0.1, 0.15) is 6.67 Å². The summed E-state index contributed by atoms with van der Waals surface area (Å²) >= 11 is 0. The summed E-state index contributed by atoms with van der Waals surface area (Å²) < 4.78 is 12.5. The number of carboxylic acids is 1. The molecule has 21 heavy (non-hydrogen) atoms. The third-order valence-electron chi connectivity index (χ3n) is 3.10. The van der Waals surface area contributed by atoms with Crippen molar-refractivity contribution < 1.29 is 23.9 Å². The normalized spacial score (nSPS) is 15.1. The minimum atomic E-state index is -1.58. The zero-order chi connectivity index (χ0) is 15.4. The summed E-state index contributed by atoms with van der Waals surface area (Å²) in [6, 6.07) is 4.48. The van der Waals surface area contributed by atoms with Gasteiger partial charge >= 0.3 is 5.97 Å². The maximum absolute atomic E-state index is 12.5. The Hall–Kier alpha value is -2.44. The molecule has 2 rings (SSSR count). The predicted molar refractivity (Wildman–Crippen MR) is 72.7 cm³/mol. The molecular weight excluding hydrogens is 279 g/mol. The lowest BCUT2D eigenvalue weighted by molar-refractivity contribution is -0.139. The van der Waals surface area contributed by atoms with E-state index in [0.717, 1.165) is 12.8 Å². The minimum Gasteiger partial charge on any atom is -0.480 e. The first-order valence-corrected chi connectivity index (χ1v) is 6.52. The number of aliphatic carboxylic acids is 1. The molecule has 3 N–H and O–H groups in total. The van der Waals surface area contributed by atoms with E-state index in [9.17, 15) is 18.8 Å². The monoisotopic (exact) mass is 294 g/mol. The second-order valence-electron chi connectivity index (χ2n) is 4.86. The van der Waals surface area contributed by atoms with Gasteiger partial charge in [-0.2, -0.15) is 0 Å². The molecule has 112 valence electrons. The van der Waals surface area contributed by atoms with E-state index in [4.69, 9.17) is 5.11 Å². The molecule has 0 saturated heterocycles. The number of carbonyl (C=O) groups excluding carboxylic acids is 2. The maximum Gasteiger partial charge on any atom is 0.328 e. The van der Waals surface area contributed by atoms with Crippen LogP contribution >= 0.6 is 0 Å². The second-order valence-corrected chi connectivity index (χ2v) is 4.86. The Labute approximate surface area is 120 Å². The van der Waals surface area contributed by atoms with E-state index >= 15 is 0 Å². The van der Waals surface area contributed by atoms with Crippen molar-refractivity contribution in [3.05, 3.63) is 29.8 Å². The summed E-state index contributed by atoms with van der Waals surface area (Å²) in [4.78, 5) is 34.2. The summed E-state index contributed by atoms with van der Waals surface area (Å²) in [6.45, 7) is -1.20. The van der Waals surface area contributed by atoms with Crippen LogP contribution in [0, 0.1) is 5.92 Å². The number of carbonyl (C=O) groups is 3. The quantitative estimate of drug-likeness (QED) is 0.734. The maximum atomic E-state index is 12.5. The van der Waals surface area contributed by atoms with Crippen molar-refractivity contribution in [2.45, 2.75) is 18.9 Å². The van der Waals surface area contributed by atoms with Crippen molar-refractivity contribution in [1.29, 1.82) is 0 Å². The molecule has 2 amide bonds. The second kappa shape index (κ2) is 6.34. The molecule has 1 fully saturated rings. The SMILES string of the molecule is O=C(NC(CF)C(=O)O)c1cccc(NC(=O)C2CC2)c1. The molecule has 7 heteroatoms. The number of alkyl halides is 1. The zero-order valence-electron chi connectivity index (χ0n) is 11.1. The molecule has 0 radical (unpaired) electrons. The number of nitrogens with one attached hydrogen (secondary N) is 2. The first-order chi connectivity index (χ1) is 10.0. The highest BCUT2D eigenvalue weighted by Crippen LogP contribution is 2.30. The average molecular weight is 294 g/mol. The molecule has 0 aromatic heterocycles. The van der Waals surface area contributed by atoms with Gasteiger partial charge in [0.05, 0.1) is 0 Å². The lowest BCUT2D eigenvalue weighted by atomic mass is 10.1. The smallest absolute Gasteiger partial charge is 0.328 e. The van der Waals surface area contributed by atoms with E-state index in [1.165, 1.54) is 12.1 Å². The Morgan fingerprint density at radius 3 is 2.62 bits per heavy atom. The largest absolute Gasteiger partial charge is 0.480 e. The van der Waals surface area contributed by atoms with Crippen LogP contribution in [-0.4, -0.2) is 35.6 Å². The summed E-state index contributed by atoms with van der Waals surface area (Å²) in [6.07, 6.45) is 1.73. The van der Waals surface area contributed by atoms with Crippen LogP contribution in [0.15, 0.2) is 24.3 Å². The number of benzene rings is 1. The fraction of sp³-hybridized carbons (Fsp3) is 0.357. The van der Waals surface area contributed by atoms with Gasteiger partial charge in [-0.1, -0.05) is 6.07 Å². The lowest BCUT2D eigenvalue weighted by Crippen LogP contribution is -2.42. The Kier molecular flexibility index (Phi) is 4.52. The van der Waals surface area contributed by atoms with Crippen molar-refractivity contribution >= 4 is 23.5 Å². The van der Waals surface area contributed by atoms with Crippen LogP contribution in [0.4, 0.5) is 10.1 Å². The van der Waals surface area contributed by atoms with Crippen LogP contribution in [0.3, 0.4) is 0 Å². The van der Waals surface area contributed by atoms with E-state index in [0.29, 0.717) is 5.69 Å². The Morgan fingerprint density at radius 2 is 2.05 bits per heavy atom. The van der Waals surface area contributed by atoms with Gasteiger partial charge in [0.2, 0.25) is 5.91 Å². The molecule has 1 atom stereocenters. The molecular formula is C14H15FN2O4. The molecule has 0 heterocycles. The molecule has 6 nitrogen and oxygen atoms in total. The van der Waals surface area contributed by atoms with E-state index in [2.05, 4.69) is 10.6 Å². The van der Waals surface area contributed by atoms with Gasteiger partial charge in [-0.3, -0.25) is 9.59 Å². The van der Waals surface area contributed by atoms with Gasteiger partial charge in [0, 0.05) is 17.2 Å². The highest BCUT2D eigenvalue weighted by Gasteiger charge is 2.29. The first-order valence-electron chi connectivity index (χ1n) is 6.52. The van der Waals surface area contributed by atoms with Gasteiger partial charge in [-0.05, 0) is 31.0 Å². The molecule has 1 aromatic rings. The van der Waals surface area contributed by atoms with Crippen molar-refractivity contribution in [2.75, 3.05) is 12.0 Å². The van der Waals surface area contributed by atoms with Gasteiger partial charge in [0.15, 0.2) is 6.04 Å². The van der Waals surface area contributed by atoms with Crippen LogP contribution < -0.4 is 10.6 Å². The van der Waals surface area contributed by atoms with Crippen molar-refractivity contribution in [3.8, 4) is 0 Å². The molecule has 0 spiro atoms. The average Bonchev–Trinajstić information content (AvgIpc) is 3.29. The fourth-order valence-corrected chi connectivity index (χ4v) is 1.74. The highest BCUT2D eigenvalue weighted by molar-refractivity contribution is 5.99. The van der Waals surface area contributed by atoms with E-state index in [1.807, 2.05) is 0 Å². The molecule has 0 aliphatic heterocycles. The molecule has 1 aliphatic rings. The number of carboxylic acid groups (broad SMARTS) is 1. The fourth-order valence-electron chi connectivity index (χ4n) is 1.74. The van der Waals surface area contributed by atoms with Crippen LogP contribution in [0.25, 0.3) is 0 Å². The molecule has 1 aliphatic carbocycles. The third-order valence-corrected chi connectivity index (χ3v) is 3.10. The number of amides is 2. The standard InChI is InChI=1S/C14H15FN2O4/c15-7-11(14(20)21)17-13(19)9-2-1-3-10(6-9)16-12(18)8-4-5-8/h1-3,6,8,11H,4-5,7H2,(H,16,18)(H,17,19)(H,20,21). The van der Waals surface area contributed by atoms with E-state index in [-0.39, 0.29) is 17.4 Å². The Balaban J connectivity index is 2.03. The molecule has 1 unspecified atom stereocenters. The molecule has 0 bridgehead atoms. The summed E-state index contributed by atoms with van der Waals surface area (Å²) in [5.74, 6) is -2.21. The Morgan fingerprint density at radius 1 is 1.33 bits per heavy atom. The topological polar surface area (TPSA) is 95.5 Å². The summed E-state index contributed by atoms with van der Waals surface area (Å²) in [7, 11) is 0. The van der Waals surface area contributed by atoms with Crippen LogP contribution in [0.5, 0.6) is 0 Å². The van der Waals surface area contributed by atoms with Crippen LogP contribution in [0.1, 0.15) is 23.2 Å². The van der Waals surface area contributed by atoms with Crippen molar-refractivity contribution in [3.63, 3.8) is 0 Å². The lowest BCUT2D eigenvalue weighted by Gasteiger charge is -2.11. The number of anilines is 1. The highest BCUT2D eigenvalue weighted by atomic mass is 19.1. The number of rotatable bonds is 6. The minimum absolute atomic E-state index is 0.0328. The molecule has 1 aromatic carbocycles. The van der Waals surface area contributed by atoms with Crippen LogP contribution in [-0.2, 0) is 9.59 Å². The molecule has 1 saturated carbocycles. The van der Waals surface area contributed by atoms with E-state index in [1.54, 1.807) is 12.1 Å². The van der Waals surface area contributed by atoms with Gasteiger partial charge in [-0.25, -0.2) is 9.18 Å². The van der Waals surface area contributed by atoms with Crippen molar-refractivity contribution in [1.82, 2.24) is 5.32 Å². The van der Waals surface area contributed by atoms with Crippen LogP contribution in [0.2, 0.25) is 0 Å².